The lowest BCUT2D eigenvalue weighted by Gasteiger charge is -2.36. The summed E-state index contributed by atoms with van der Waals surface area (Å²) in [4.78, 5) is 11.3. The number of benzene rings is 1. The normalized spacial score (nSPS) is 37.2. The molecule has 2 aliphatic rings. The molecule has 1 aromatic carbocycles. The number of fused-ring (bicyclic) bond motifs is 2. The molecule has 1 aromatic rings. The zero-order chi connectivity index (χ0) is 13.2. The van der Waals surface area contributed by atoms with Crippen LogP contribution < -0.4 is 0 Å². The van der Waals surface area contributed by atoms with Crippen molar-refractivity contribution in [3.63, 3.8) is 0 Å². The SMILES string of the molecule is C[C@H]1[C@H](C=O)[C@H](OCc2ccccc2)[C@@H]2OC[C@H]1O2. The predicted molar refractivity (Wildman–Crippen MR) is 68.4 cm³/mol. The first-order valence-electron chi connectivity index (χ1n) is 6.67. The van der Waals surface area contributed by atoms with Gasteiger partial charge >= 0.3 is 0 Å². The Morgan fingerprint density at radius 3 is 2.89 bits per heavy atom. The van der Waals surface area contributed by atoms with E-state index in [-0.39, 0.29) is 24.0 Å². The van der Waals surface area contributed by atoms with Crippen molar-refractivity contribution < 1.29 is 19.0 Å². The van der Waals surface area contributed by atoms with E-state index >= 15 is 0 Å². The second-order valence-corrected chi connectivity index (χ2v) is 5.21. The van der Waals surface area contributed by atoms with Crippen LogP contribution in [-0.2, 0) is 25.6 Å². The zero-order valence-corrected chi connectivity index (χ0v) is 10.9. The second kappa shape index (κ2) is 5.41. The third-order valence-electron chi connectivity index (χ3n) is 4.02. The van der Waals surface area contributed by atoms with E-state index < -0.39 is 6.29 Å². The van der Waals surface area contributed by atoms with Crippen molar-refractivity contribution in [3.8, 4) is 0 Å². The van der Waals surface area contributed by atoms with Crippen LogP contribution in [0, 0.1) is 11.8 Å². The number of aldehydes is 1. The van der Waals surface area contributed by atoms with Crippen molar-refractivity contribution in [1.82, 2.24) is 0 Å². The van der Waals surface area contributed by atoms with Gasteiger partial charge in [0.25, 0.3) is 0 Å². The smallest absolute Gasteiger partial charge is 0.184 e. The van der Waals surface area contributed by atoms with E-state index in [1.165, 1.54) is 0 Å². The van der Waals surface area contributed by atoms with Gasteiger partial charge in [0.1, 0.15) is 12.4 Å². The van der Waals surface area contributed by atoms with Crippen molar-refractivity contribution in [1.29, 1.82) is 0 Å². The highest BCUT2D eigenvalue weighted by Crippen LogP contribution is 2.37. The van der Waals surface area contributed by atoms with Gasteiger partial charge in [-0.25, -0.2) is 0 Å². The van der Waals surface area contributed by atoms with Crippen LogP contribution in [0.5, 0.6) is 0 Å². The van der Waals surface area contributed by atoms with Gasteiger partial charge in [0, 0.05) is 0 Å². The molecule has 0 amide bonds. The van der Waals surface area contributed by atoms with E-state index in [4.69, 9.17) is 14.2 Å². The van der Waals surface area contributed by atoms with Crippen LogP contribution in [-0.4, -0.2) is 31.4 Å². The minimum absolute atomic E-state index is 0.0248. The standard InChI is InChI=1S/C15H18O4/c1-10-12(7-16)14(15-18-9-13(10)19-15)17-8-11-5-3-2-4-6-11/h2-7,10,12-15H,8-9H2,1H3/t10-,12-,13+,14-,15+/m0/s1. The summed E-state index contributed by atoms with van der Waals surface area (Å²) in [5.74, 6) is -0.0213. The topological polar surface area (TPSA) is 44.8 Å². The highest BCUT2D eigenvalue weighted by Gasteiger charge is 2.49. The molecule has 2 aliphatic heterocycles. The Hall–Kier alpha value is -1.23. The van der Waals surface area contributed by atoms with E-state index in [9.17, 15) is 4.79 Å². The fourth-order valence-corrected chi connectivity index (χ4v) is 2.77. The van der Waals surface area contributed by atoms with Crippen LogP contribution in [0.2, 0.25) is 0 Å². The van der Waals surface area contributed by atoms with E-state index in [2.05, 4.69) is 0 Å². The quantitative estimate of drug-likeness (QED) is 0.776. The van der Waals surface area contributed by atoms with Gasteiger partial charge in [0.2, 0.25) is 0 Å². The summed E-state index contributed by atoms with van der Waals surface area (Å²) in [5, 5.41) is 0. The van der Waals surface area contributed by atoms with Crippen molar-refractivity contribution in [2.75, 3.05) is 6.61 Å². The molecule has 0 saturated carbocycles. The molecule has 4 nitrogen and oxygen atoms in total. The van der Waals surface area contributed by atoms with E-state index in [0.29, 0.717) is 13.2 Å². The summed E-state index contributed by atoms with van der Waals surface area (Å²) in [5.41, 5.74) is 1.08. The van der Waals surface area contributed by atoms with Gasteiger partial charge in [-0.05, 0) is 11.5 Å². The monoisotopic (exact) mass is 262 g/mol. The van der Waals surface area contributed by atoms with E-state index in [1.54, 1.807) is 0 Å². The Kier molecular flexibility index (Phi) is 3.64. The van der Waals surface area contributed by atoms with Crippen LogP contribution in [0.4, 0.5) is 0 Å². The lowest BCUT2D eigenvalue weighted by molar-refractivity contribution is -0.209. The third-order valence-corrected chi connectivity index (χ3v) is 4.02. The number of hydrogen-bond donors (Lipinski definition) is 0. The summed E-state index contributed by atoms with van der Waals surface area (Å²) >= 11 is 0. The van der Waals surface area contributed by atoms with Crippen LogP contribution >= 0.6 is 0 Å². The summed E-state index contributed by atoms with van der Waals surface area (Å²) < 4.78 is 17.2. The van der Waals surface area contributed by atoms with Gasteiger partial charge in [0.05, 0.1) is 25.2 Å². The number of carbonyl (C=O) groups is 1. The first-order valence-corrected chi connectivity index (χ1v) is 6.67. The molecule has 5 atom stereocenters. The minimum Gasteiger partial charge on any atom is -0.367 e. The average molecular weight is 262 g/mol. The Balaban J connectivity index is 1.69. The molecule has 2 heterocycles. The van der Waals surface area contributed by atoms with Crippen LogP contribution in [0.15, 0.2) is 30.3 Å². The molecule has 2 saturated heterocycles. The lowest BCUT2D eigenvalue weighted by atomic mass is 9.84. The molecular weight excluding hydrogens is 244 g/mol. The molecule has 0 N–H and O–H groups in total. The Bertz CT molecular complexity index is 433. The molecular formula is C15H18O4. The third kappa shape index (κ3) is 2.43. The zero-order valence-electron chi connectivity index (χ0n) is 10.9. The molecule has 0 spiro atoms. The first-order chi connectivity index (χ1) is 9.29. The van der Waals surface area contributed by atoms with Gasteiger partial charge < -0.3 is 19.0 Å². The van der Waals surface area contributed by atoms with Crippen molar-refractivity contribution >= 4 is 6.29 Å². The largest absolute Gasteiger partial charge is 0.367 e. The lowest BCUT2D eigenvalue weighted by Crippen LogP contribution is -2.47. The van der Waals surface area contributed by atoms with Gasteiger partial charge in [-0.3, -0.25) is 0 Å². The van der Waals surface area contributed by atoms with Gasteiger partial charge in [0.15, 0.2) is 6.29 Å². The molecule has 0 unspecified atom stereocenters. The Morgan fingerprint density at radius 2 is 2.16 bits per heavy atom. The summed E-state index contributed by atoms with van der Waals surface area (Å²) in [7, 11) is 0. The van der Waals surface area contributed by atoms with E-state index in [1.807, 2.05) is 37.3 Å². The fourth-order valence-electron chi connectivity index (χ4n) is 2.77. The average Bonchev–Trinajstić information content (AvgIpc) is 2.89. The molecule has 3 rings (SSSR count). The molecule has 0 aromatic heterocycles. The van der Waals surface area contributed by atoms with Crippen LogP contribution in [0.25, 0.3) is 0 Å². The van der Waals surface area contributed by atoms with Crippen molar-refractivity contribution in [3.05, 3.63) is 35.9 Å². The molecule has 2 fully saturated rings. The summed E-state index contributed by atoms with van der Waals surface area (Å²) in [6.45, 7) is 3.05. The van der Waals surface area contributed by atoms with Gasteiger partial charge in [-0.2, -0.15) is 0 Å². The van der Waals surface area contributed by atoms with Crippen LogP contribution in [0.1, 0.15) is 12.5 Å². The van der Waals surface area contributed by atoms with Crippen molar-refractivity contribution in [2.24, 2.45) is 11.8 Å². The molecule has 0 aliphatic carbocycles. The highest BCUT2D eigenvalue weighted by atomic mass is 16.7. The molecule has 4 heteroatoms. The number of rotatable bonds is 4. The maximum absolute atomic E-state index is 11.3. The molecule has 102 valence electrons. The van der Waals surface area contributed by atoms with Gasteiger partial charge in [-0.1, -0.05) is 37.3 Å². The molecule has 19 heavy (non-hydrogen) atoms. The Morgan fingerprint density at radius 1 is 1.37 bits per heavy atom. The molecule has 2 bridgehead atoms. The highest BCUT2D eigenvalue weighted by molar-refractivity contribution is 5.55. The maximum Gasteiger partial charge on any atom is 0.184 e. The van der Waals surface area contributed by atoms with Gasteiger partial charge in [-0.15, -0.1) is 0 Å². The van der Waals surface area contributed by atoms with Crippen molar-refractivity contribution in [2.45, 2.75) is 32.0 Å². The second-order valence-electron chi connectivity index (χ2n) is 5.21. The minimum atomic E-state index is -0.403. The van der Waals surface area contributed by atoms with E-state index in [0.717, 1.165) is 11.8 Å². The predicted octanol–water partition coefficient (Wildman–Crippen LogP) is 1.78. The first kappa shape index (κ1) is 12.8. The number of hydrogen-bond acceptors (Lipinski definition) is 4. The Labute approximate surface area is 112 Å². The number of carbonyl (C=O) groups excluding carboxylic acids is 1. The molecule has 0 radical (unpaired) electrons. The number of ether oxygens (including phenoxy) is 3. The summed E-state index contributed by atoms with van der Waals surface area (Å²) in [6, 6.07) is 9.91. The maximum atomic E-state index is 11.3. The van der Waals surface area contributed by atoms with Crippen LogP contribution in [0.3, 0.4) is 0 Å². The fraction of sp³-hybridized carbons (Fsp3) is 0.533. The summed E-state index contributed by atoms with van der Waals surface area (Å²) in [6.07, 6.45) is 0.292.